The maximum Gasteiger partial charge on any atom is 0.340 e. The first-order chi connectivity index (χ1) is 8.61. The summed E-state index contributed by atoms with van der Waals surface area (Å²) in [5.41, 5.74) is -0.585. The lowest BCUT2D eigenvalue weighted by Crippen LogP contribution is -2.45. The molecule has 0 aromatic heterocycles. The molecular weight excluding hydrogens is 296 g/mol. The average Bonchev–Trinajstić information content (AvgIpc) is 2.21. The van der Waals surface area contributed by atoms with Crippen molar-refractivity contribution < 1.29 is 13.2 Å². The van der Waals surface area contributed by atoms with Gasteiger partial charge in [0.25, 0.3) is 0 Å². The minimum absolute atomic E-state index is 0.0378. The van der Waals surface area contributed by atoms with E-state index in [4.69, 9.17) is 11.6 Å². The first-order valence-corrected chi connectivity index (χ1v) is 7.76. The number of nitrogens with zero attached hydrogens (tertiary/aromatic N) is 2. The van der Waals surface area contributed by atoms with Crippen LogP contribution >= 0.6 is 11.6 Å². The van der Waals surface area contributed by atoms with Crippen molar-refractivity contribution in [3.8, 4) is 0 Å². The Hall–Kier alpha value is -0.930. The Labute approximate surface area is 117 Å². The number of urea groups is 1. The SMILES string of the molecule is CC(C)(C)NS(=O)(=O)CCNC(=O)N(CCCl)N=O. The van der Waals surface area contributed by atoms with Crippen molar-refractivity contribution in [1.29, 1.82) is 0 Å². The van der Waals surface area contributed by atoms with Crippen LogP contribution in [-0.2, 0) is 10.0 Å². The van der Waals surface area contributed by atoms with Gasteiger partial charge >= 0.3 is 6.03 Å². The number of rotatable bonds is 7. The van der Waals surface area contributed by atoms with Crippen LogP contribution < -0.4 is 10.0 Å². The number of amides is 2. The molecule has 0 atom stereocenters. The summed E-state index contributed by atoms with van der Waals surface area (Å²) in [7, 11) is -3.50. The van der Waals surface area contributed by atoms with Gasteiger partial charge in [0.15, 0.2) is 0 Å². The van der Waals surface area contributed by atoms with Gasteiger partial charge in [0.05, 0.1) is 17.6 Å². The number of sulfonamides is 1. The van der Waals surface area contributed by atoms with Gasteiger partial charge < -0.3 is 5.32 Å². The molecule has 0 aliphatic carbocycles. The van der Waals surface area contributed by atoms with E-state index in [9.17, 15) is 18.1 Å². The Kier molecular flexibility index (Phi) is 7.24. The summed E-state index contributed by atoms with van der Waals surface area (Å²) in [6.45, 7) is 4.97. The van der Waals surface area contributed by atoms with E-state index in [0.717, 1.165) is 0 Å². The Bertz CT molecular complexity index is 407. The molecule has 0 unspecified atom stereocenters. The molecule has 2 N–H and O–H groups in total. The molecule has 112 valence electrons. The molecule has 0 spiro atoms. The third-order valence-corrected chi connectivity index (χ3v) is 3.57. The molecule has 0 aliphatic rings. The van der Waals surface area contributed by atoms with Gasteiger partial charge in [-0.05, 0) is 20.8 Å². The van der Waals surface area contributed by atoms with Crippen LogP contribution in [0, 0.1) is 4.91 Å². The maximum atomic E-state index is 11.6. The highest BCUT2D eigenvalue weighted by atomic mass is 35.5. The number of hydrogen-bond acceptors (Lipinski definition) is 5. The molecule has 0 saturated carbocycles. The normalized spacial score (nSPS) is 12.0. The molecular formula is C9H19ClN4O4S. The fourth-order valence-corrected chi connectivity index (χ4v) is 2.73. The minimum atomic E-state index is -3.50. The summed E-state index contributed by atoms with van der Waals surface area (Å²) >= 11 is 5.37. The van der Waals surface area contributed by atoms with Gasteiger partial charge in [-0.3, -0.25) is 0 Å². The molecule has 2 amide bonds. The number of carbonyl (C=O) groups is 1. The maximum absolute atomic E-state index is 11.6. The zero-order valence-corrected chi connectivity index (χ0v) is 12.7. The second-order valence-corrected chi connectivity index (χ2v) is 7.02. The van der Waals surface area contributed by atoms with Crippen LogP contribution in [0.5, 0.6) is 0 Å². The van der Waals surface area contributed by atoms with Gasteiger partial charge in [-0.2, -0.15) is 5.01 Å². The number of carbonyl (C=O) groups excluding carboxylic acids is 1. The van der Waals surface area contributed by atoms with Gasteiger partial charge in [0, 0.05) is 18.0 Å². The highest BCUT2D eigenvalue weighted by Crippen LogP contribution is 2.01. The lowest BCUT2D eigenvalue weighted by molar-refractivity contribution is 0.203. The van der Waals surface area contributed by atoms with Crippen molar-refractivity contribution in [2.24, 2.45) is 5.29 Å². The smallest absolute Gasteiger partial charge is 0.335 e. The zero-order chi connectivity index (χ0) is 15.1. The van der Waals surface area contributed by atoms with Crippen molar-refractivity contribution in [2.75, 3.05) is 24.7 Å². The lowest BCUT2D eigenvalue weighted by atomic mass is 10.1. The average molecular weight is 315 g/mol. The Balaban J connectivity index is 4.22. The molecule has 0 rings (SSSR count). The van der Waals surface area contributed by atoms with E-state index in [1.54, 1.807) is 20.8 Å². The van der Waals surface area contributed by atoms with Crippen LogP contribution in [0.3, 0.4) is 0 Å². The van der Waals surface area contributed by atoms with E-state index in [1.807, 2.05) is 0 Å². The number of halogens is 1. The predicted molar refractivity (Wildman–Crippen MR) is 73.3 cm³/mol. The van der Waals surface area contributed by atoms with Crippen LogP contribution in [-0.4, -0.2) is 49.7 Å². The monoisotopic (exact) mass is 314 g/mol. The molecule has 0 radical (unpaired) electrons. The van der Waals surface area contributed by atoms with Crippen LogP contribution in [0.2, 0.25) is 0 Å². The Morgan fingerprint density at radius 3 is 2.37 bits per heavy atom. The molecule has 10 heteroatoms. The second kappa shape index (κ2) is 7.61. The Morgan fingerprint density at radius 2 is 1.95 bits per heavy atom. The van der Waals surface area contributed by atoms with E-state index >= 15 is 0 Å². The zero-order valence-electron chi connectivity index (χ0n) is 11.1. The van der Waals surface area contributed by atoms with Gasteiger partial charge in [0.1, 0.15) is 0 Å². The second-order valence-electron chi connectivity index (χ2n) is 4.80. The van der Waals surface area contributed by atoms with Crippen molar-refractivity contribution in [3.05, 3.63) is 4.91 Å². The fourth-order valence-electron chi connectivity index (χ4n) is 1.16. The summed E-state index contributed by atoms with van der Waals surface area (Å²) in [4.78, 5) is 21.7. The molecule has 0 aromatic carbocycles. The van der Waals surface area contributed by atoms with Crippen molar-refractivity contribution in [1.82, 2.24) is 15.0 Å². The van der Waals surface area contributed by atoms with Gasteiger partial charge in [0.2, 0.25) is 10.0 Å². The molecule has 0 aromatic rings. The number of nitroso groups, excluding NO2 is 1. The molecule has 19 heavy (non-hydrogen) atoms. The molecule has 0 heterocycles. The van der Waals surface area contributed by atoms with Crippen molar-refractivity contribution in [2.45, 2.75) is 26.3 Å². The summed E-state index contributed by atoms with van der Waals surface area (Å²) in [5.74, 6) is -0.230. The lowest BCUT2D eigenvalue weighted by Gasteiger charge is -2.20. The molecule has 0 aliphatic heterocycles. The standard InChI is InChI=1S/C9H19ClN4O4S/c1-9(2,3)12-19(17,18)7-5-11-8(15)14(13-16)6-4-10/h12H,4-7H2,1-3H3,(H,11,15). The number of hydrogen-bond donors (Lipinski definition) is 2. The van der Waals surface area contributed by atoms with E-state index in [1.165, 1.54) is 0 Å². The fraction of sp³-hybridized carbons (Fsp3) is 0.889. The van der Waals surface area contributed by atoms with Crippen molar-refractivity contribution >= 4 is 27.7 Å². The highest BCUT2D eigenvalue weighted by Gasteiger charge is 2.20. The van der Waals surface area contributed by atoms with E-state index in [0.29, 0.717) is 5.01 Å². The first-order valence-electron chi connectivity index (χ1n) is 5.57. The van der Waals surface area contributed by atoms with Crippen LogP contribution in [0.1, 0.15) is 20.8 Å². The topological polar surface area (TPSA) is 108 Å². The predicted octanol–water partition coefficient (Wildman–Crippen LogP) is 0.636. The van der Waals surface area contributed by atoms with Gasteiger partial charge in [-0.15, -0.1) is 16.5 Å². The first kappa shape index (κ1) is 18.1. The summed E-state index contributed by atoms with van der Waals surface area (Å²) in [5, 5.41) is 5.34. The highest BCUT2D eigenvalue weighted by molar-refractivity contribution is 7.89. The molecule has 0 fully saturated rings. The quantitative estimate of drug-likeness (QED) is 0.408. The Morgan fingerprint density at radius 1 is 1.37 bits per heavy atom. The molecule has 0 bridgehead atoms. The van der Waals surface area contributed by atoms with Crippen LogP contribution in [0.15, 0.2) is 5.29 Å². The molecule has 8 nitrogen and oxygen atoms in total. The summed E-state index contributed by atoms with van der Waals surface area (Å²) in [6, 6.07) is -0.776. The van der Waals surface area contributed by atoms with E-state index in [2.05, 4.69) is 15.3 Å². The summed E-state index contributed by atoms with van der Waals surface area (Å²) < 4.78 is 25.7. The van der Waals surface area contributed by atoms with Gasteiger partial charge in [-0.1, -0.05) is 0 Å². The van der Waals surface area contributed by atoms with E-state index < -0.39 is 21.6 Å². The number of nitrogens with one attached hydrogen (secondary N) is 2. The number of alkyl halides is 1. The van der Waals surface area contributed by atoms with Crippen molar-refractivity contribution in [3.63, 3.8) is 0 Å². The molecule has 0 saturated heterocycles. The largest absolute Gasteiger partial charge is 0.340 e. The third-order valence-electron chi connectivity index (χ3n) is 1.74. The minimum Gasteiger partial charge on any atom is -0.335 e. The van der Waals surface area contributed by atoms with E-state index in [-0.39, 0.29) is 24.7 Å². The third kappa shape index (κ3) is 8.73. The summed E-state index contributed by atoms with van der Waals surface area (Å²) in [6.07, 6.45) is 0. The van der Waals surface area contributed by atoms with Crippen LogP contribution in [0.4, 0.5) is 4.79 Å². The van der Waals surface area contributed by atoms with Crippen LogP contribution in [0.25, 0.3) is 0 Å². The van der Waals surface area contributed by atoms with Gasteiger partial charge in [-0.25, -0.2) is 17.9 Å².